The zero-order valence-corrected chi connectivity index (χ0v) is 24.2. The Bertz CT molecular complexity index is 1450. The van der Waals surface area contributed by atoms with Crippen LogP contribution in [0, 0.1) is 34.3 Å². The maximum Gasteiger partial charge on any atom is 0.288 e. The van der Waals surface area contributed by atoms with Crippen LogP contribution in [0.1, 0.15) is 45.0 Å². The fourth-order valence-electron chi connectivity index (χ4n) is 8.38. The molecule has 1 aliphatic heterocycles. The fourth-order valence-corrected chi connectivity index (χ4v) is 9.28. The first-order chi connectivity index (χ1) is 19.6. The van der Waals surface area contributed by atoms with E-state index in [2.05, 4.69) is 0 Å². The minimum absolute atomic E-state index is 0.00812. The van der Waals surface area contributed by atoms with E-state index in [1.807, 2.05) is 0 Å². The summed E-state index contributed by atoms with van der Waals surface area (Å²) in [4.78, 5) is 40.1. The van der Waals surface area contributed by atoms with Gasteiger partial charge in [0.05, 0.1) is 12.2 Å². The summed E-state index contributed by atoms with van der Waals surface area (Å²) in [5.41, 5.74) is -7.57. The fraction of sp³-hybridized carbons (Fsp3) is 0.567. The van der Waals surface area contributed by atoms with Crippen LogP contribution in [0.4, 0.5) is 22.4 Å². The van der Waals surface area contributed by atoms with E-state index >= 15 is 8.78 Å². The lowest BCUT2D eigenvalue weighted by Gasteiger charge is -2.63. The van der Waals surface area contributed by atoms with E-state index in [1.165, 1.54) is 38.1 Å². The highest BCUT2D eigenvalue weighted by atomic mass is 32.2. The Morgan fingerprint density at radius 3 is 2.52 bits per heavy atom. The number of carbonyl (C=O) groups excluding carboxylic acids is 3. The molecule has 3 saturated carbocycles. The molecule has 1 N–H and O–H groups in total. The van der Waals surface area contributed by atoms with E-state index in [0.717, 1.165) is 18.2 Å². The number of amides is 1. The molecule has 10 atom stereocenters. The Balaban J connectivity index is 1.46. The van der Waals surface area contributed by atoms with Gasteiger partial charge in [0.15, 0.2) is 23.3 Å². The number of ketones is 1. The smallest absolute Gasteiger partial charge is 0.288 e. The van der Waals surface area contributed by atoms with Gasteiger partial charge in [-0.05, 0) is 62.0 Å². The number of thioether (sulfide) groups is 1. The molecular formula is C30H31F4NO6S. The Labute approximate surface area is 244 Å². The first kappa shape index (κ1) is 29.5. The van der Waals surface area contributed by atoms with Crippen LogP contribution in [0.15, 0.2) is 42.0 Å². The Morgan fingerprint density at radius 1 is 1.14 bits per heavy atom. The second-order valence-electron chi connectivity index (χ2n) is 12.6. The predicted octanol–water partition coefficient (Wildman–Crippen LogP) is 4.99. The molecule has 42 heavy (non-hydrogen) atoms. The molecule has 1 aromatic rings. The zero-order chi connectivity index (χ0) is 30.6. The molecule has 5 aliphatic rings. The molecule has 226 valence electrons. The van der Waals surface area contributed by atoms with Gasteiger partial charge in [0.25, 0.3) is 5.24 Å². The van der Waals surface area contributed by atoms with Crippen LogP contribution in [0.5, 0.6) is 0 Å². The quantitative estimate of drug-likeness (QED) is 0.473. The van der Waals surface area contributed by atoms with Gasteiger partial charge in [-0.3, -0.25) is 14.4 Å². The molecule has 1 heterocycles. The van der Waals surface area contributed by atoms with E-state index in [-0.39, 0.29) is 30.4 Å². The van der Waals surface area contributed by atoms with Gasteiger partial charge in [0, 0.05) is 54.2 Å². The number of nitrogens with zero attached hydrogens (tertiary/aromatic N) is 1. The number of halogens is 4. The molecule has 1 amide bonds. The summed E-state index contributed by atoms with van der Waals surface area (Å²) < 4.78 is 74.3. The number of rotatable bonds is 2. The lowest BCUT2D eigenvalue weighted by Crippen LogP contribution is -2.70. The van der Waals surface area contributed by atoms with Crippen LogP contribution in [-0.2, 0) is 19.1 Å². The van der Waals surface area contributed by atoms with Crippen LogP contribution >= 0.6 is 11.8 Å². The van der Waals surface area contributed by atoms with Gasteiger partial charge in [-0.25, -0.2) is 17.6 Å². The van der Waals surface area contributed by atoms with Crippen LogP contribution < -0.4 is 0 Å². The minimum Gasteiger partial charge on any atom is -0.390 e. The highest BCUT2D eigenvalue weighted by Crippen LogP contribution is 2.73. The van der Waals surface area contributed by atoms with Crippen molar-refractivity contribution < 1.29 is 46.5 Å². The van der Waals surface area contributed by atoms with Gasteiger partial charge in [0.2, 0.25) is 5.12 Å². The number of ether oxygens (including phenoxy) is 2. The third kappa shape index (κ3) is 3.67. The molecule has 6 rings (SSSR count). The van der Waals surface area contributed by atoms with Crippen molar-refractivity contribution >= 4 is 27.9 Å². The van der Waals surface area contributed by atoms with Gasteiger partial charge in [-0.2, -0.15) is 0 Å². The van der Waals surface area contributed by atoms with E-state index in [1.54, 1.807) is 6.92 Å². The standard InChI is InChI=1S/C30H31F4NO6S/c1-27-8-7-15(36)10-19(27)21(33)11-18-17-12-23-30(25(38)42-26(39)35(3)4,28(17,2)13-22(37)29(18,27)34)41-24(40-23)16-6-5-14(31)9-20(16)32/h5-10,17-18,21-24,37H,11-13H2,1-4H3/t17-,18-,21-,22-,23+,24?,27-,28-,29-,30-/m0/s1. The summed E-state index contributed by atoms with van der Waals surface area (Å²) in [6.07, 6.45) is -3.10. The van der Waals surface area contributed by atoms with Crippen LogP contribution in [-0.4, -0.2) is 69.9 Å². The van der Waals surface area contributed by atoms with Gasteiger partial charge in [0.1, 0.15) is 17.8 Å². The van der Waals surface area contributed by atoms with E-state index in [9.17, 15) is 28.3 Å². The van der Waals surface area contributed by atoms with Crippen molar-refractivity contribution in [2.24, 2.45) is 22.7 Å². The molecule has 0 bridgehead atoms. The molecule has 0 aromatic heterocycles. The highest BCUT2D eigenvalue weighted by molar-refractivity contribution is 8.26. The van der Waals surface area contributed by atoms with Crippen molar-refractivity contribution in [1.29, 1.82) is 0 Å². The van der Waals surface area contributed by atoms with Crippen molar-refractivity contribution in [2.75, 3.05) is 14.1 Å². The number of hydrogen-bond acceptors (Lipinski definition) is 7. The molecule has 4 fully saturated rings. The number of fused-ring (bicyclic) bond motifs is 7. The van der Waals surface area contributed by atoms with Gasteiger partial charge >= 0.3 is 0 Å². The summed E-state index contributed by atoms with van der Waals surface area (Å²) >= 11 is 0.360. The summed E-state index contributed by atoms with van der Waals surface area (Å²) in [6.45, 7) is 3.10. The number of alkyl halides is 2. The molecule has 0 radical (unpaired) electrons. The molecule has 0 spiro atoms. The van der Waals surface area contributed by atoms with Crippen molar-refractivity contribution in [1.82, 2.24) is 4.90 Å². The Morgan fingerprint density at radius 2 is 1.86 bits per heavy atom. The highest BCUT2D eigenvalue weighted by Gasteiger charge is 2.80. The van der Waals surface area contributed by atoms with E-state index in [4.69, 9.17) is 9.47 Å². The number of hydrogen-bond donors (Lipinski definition) is 1. The first-order valence-corrected chi connectivity index (χ1v) is 14.6. The lowest BCUT2D eigenvalue weighted by molar-refractivity contribution is -0.232. The van der Waals surface area contributed by atoms with E-state index in [0.29, 0.717) is 17.8 Å². The Kier molecular flexibility index (Phi) is 6.66. The SMILES string of the molecule is CN(C)C(=O)SC(=O)[C@@]12OC(c3ccc(F)cc3F)O[C@@H]1C[C@H]1[C@@H]3C[C@H](F)C4=CC(=O)C=C[C@]4(C)[C@@]3(F)[C@@H](O)C[C@@]12C. The molecule has 7 nitrogen and oxygen atoms in total. The summed E-state index contributed by atoms with van der Waals surface area (Å²) in [6, 6.07) is 2.80. The third-order valence-electron chi connectivity index (χ3n) is 10.4. The number of aliphatic hydroxyl groups is 1. The molecule has 1 aromatic carbocycles. The largest absolute Gasteiger partial charge is 0.390 e. The summed E-state index contributed by atoms with van der Waals surface area (Å²) in [7, 11) is 2.91. The van der Waals surface area contributed by atoms with Crippen molar-refractivity contribution in [3.63, 3.8) is 0 Å². The summed E-state index contributed by atoms with van der Waals surface area (Å²) in [5, 5.41) is 10.3. The average molecular weight is 610 g/mol. The topological polar surface area (TPSA) is 93.1 Å². The van der Waals surface area contributed by atoms with Crippen LogP contribution in [0.25, 0.3) is 0 Å². The van der Waals surface area contributed by atoms with Crippen molar-refractivity contribution in [3.05, 3.63) is 59.2 Å². The van der Waals surface area contributed by atoms with Gasteiger partial charge in [-0.1, -0.05) is 13.0 Å². The van der Waals surface area contributed by atoms with Crippen molar-refractivity contribution in [2.45, 2.75) is 69.0 Å². The number of allylic oxidation sites excluding steroid dienone is 4. The molecular weight excluding hydrogens is 578 g/mol. The molecule has 4 aliphatic carbocycles. The maximum absolute atomic E-state index is 17.6. The molecule has 1 unspecified atom stereocenters. The lowest BCUT2D eigenvalue weighted by atomic mass is 9.44. The second-order valence-corrected chi connectivity index (χ2v) is 13.5. The number of benzene rings is 1. The first-order valence-electron chi connectivity index (χ1n) is 13.8. The van der Waals surface area contributed by atoms with E-state index < -0.39 is 86.4 Å². The van der Waals surface area contributed by atoms with Crippen molar-refractivity contribution in [3.8, 4) is 0 Å². The van der Waals surface area contributed by atoms with Gasteiger partial charge in [-0.15, -0.1) is 0 Å². The zero-order valence-electron chi connectivity index (χ0n) is 23.4. The maximum atomic E-state index is 17.6. The second kappa shape index (κ2) is 9.48. The number of carbonyl (C=O) groups is 3. The molecule has 1 saturated heterocycles. The average Bonchev–Trinajstić information content (AvgIpc) is 3.40. The monoisotopic (exact) mass is 609 g/mol. The number of aliphatic hydroxyl groups excluding tert-OH is 1. The Hall–Kier alpha value is -2.54. The molecule has 12 heteroatoms. The van der Waals surface area contributed by atoms with Gasteiger partial charge < -0.3 is 19.5 Å². The minimum atomic E-state index is -2.40. The predicted molar refractivity (Wildman–Crippen MR) is 143 cm³/mol. The van der Waals surface area contributed by atoms with Crippen LogP contribution in [0.3, 0.4) is 0 Å². The summed E-state index contributed by atoms with van der Waals surface area (Å²) in [5.74, 6) is -4.15. The third-order valence-corrected chi connectivity index (χ3v) is 11.5. The normalized spacial score (nSPS) is 43.6. The van der Waals surface area contributed by atoms with Crippen LogP contribution in [0.2, 0.25) is 0 Å².